The second-order valence-electron chi connectivity index (χ2n) is 5.21. The zero-order valence-corrected chi connectivity index (χ0v) is 12.0. The lowest BCUT2D eigenvalue weighted by Gasteiger charge is -2.25. The molecular formula is C16H19N3O2. The largest absolute Gasteiger partial charge is 0.494 e. The van der Waals surface area contributed by atoms with E-state index in [0.29, 0.717) is 17.0 Å². The van der Waals surface area contributed by atoms with E-state index in [1.807, 2.05) is 23.2 Å². The number of hydrogen-bond acceptors (Lipinski definition) is 3. The summed E-state index contributed by atoms with van der Waals surface area (Å²) in [4.78, 5) is 18.0. The first kappa shape index (κ1) is 13.5. The summed E-state index contributed by atoms with van der Waals surface area (Å²) in [6.45, 7) is 0.750. The molecule has 21 heavy (non-hydrogen) atoms. The molecule has 2 heterocycles. The molecule has 5 nitrogen and oxygen atoms in total. The second-order valence-corrected chi connectivity index (χ2v) is 5.21. The van der Waals surface area contributed by atoms with Gasteiger partial charge in [-0.05, 0) is 37.1 Å². The fraction of sp³-hybridized carbons (Fsp3) is 0.312. The van der Waals surface area contributed by atoms with Crippen molar-refractivity contribution in [3.63, 3.8) is 0 Å². The standard InChI is InChI=1S/C16H19N3O2/c1-21-15-11(5-2-6-12(15)17)16(20)19-10-4-8-14(19)13-7-3-9-18-13/h2-3,5-7,9,14,18H,4,8,10,17H2,1H3. The van der Waals surface area contributed by atoms with Gasteiger partial charge in [0.1, 0.15) is 0 Å². The number of ether oxygens (including phenoxy) is 1. The summed E-state index contributed by atoms with van der Waals surface area (Å²) in [6, 6.07) is 9.36. The fourth-order valence-electron chi connectivity index (χ4n) is 2.99. The summed E-state index contributed by atoms with van der Waals surface area (Å²) < 4.78 is 5.30. The molecule has 0 bridgehead atoms. The monoisotopic (exact) mass is 285 g/mol. The molecule has 2 aromatic rings. The van der Waals surface area contributed by atoms with Crippen LogP contribution in [-0.2, 0) is 0 Å². The van der Waals surface area contributed by atoms with Crippen LogP contribution in [0.4, 0.5) is 5.69 Å². The number of nitrogen functional groups attached to an aromatic ring is 1. The average molecular weight is 285 g/mol. The van der Waals surface area contributed by atoms with Crippen LogP contribution in [0, 0.1) is 0 Å². The van der Waals surface area contributed by atoms with Gasteiger partial charge in [0.15, 0.2) is 5.75 Å². The SMILES string of the molecule is COc1c(N)cccc1C(=O)N1CCCC1c1ccc[nH]1. The summed E-state index contributed by atoms with van der Waals surface area (Å²) in [5, 5.41) is 0. The minimum Gasteiger partial charge on any atom is -0.494 e. The third kappa shape index (κ3) is 2.35. The van der Waals surface area contributed by atoms with Crippen LogP contribution in [0.3, 0.4) is 0 Å². The van der Waals surface area contributed by atoms with E-state index in [0.717, 1.165) is 25.1 Å². The number of benzene rings is 1. The van der Waals surface area contributed by atoms with E-state index >= 15 is 0 Å². The molecule has 3 N–H and O–H groups in total. The third-order valence-electron chi connectivity index (χ3n) is 3.97. The van der Waals surface area contributed by atoms with Crippen molar-refractivity contribution in [1.82, 2.24) is 9.88 Å². The van der Waals surface area contributed by atoms with Crippen molar-refractivity contribution in [2.24, 2.45) is 0 Å². The van der Waals surface area contributed by atoms with Gasteiger partial charge in [-0.3, -0.25) is 4.79 Å². The normalized spacial score (nSPS) is 18.0. The van der Waals surface area contributed by atoms with E-state index in [4.69, 9.17) is 10.5 Å². The second kappa shape index (κ2) is 5.52. The highest BCUT2D eigenvalue weighted by atomic mass is 16.5. The van der Waals surface area contributed by atoms with Crippen LogP contribution in [0.25, 0.3) is 0 Å². The molecule has 1 aliphatic heterocycles. The molecule has 5 heteroatoms. The van der Waals surface area contributed by atoms with Crippen molar-refractivity contribution < 1.29 is 9.53 Å². The number of nitrogens with zero attached hydrogens (tertiary/aromatic N) is 1. The Balaban J connectivity index is 1.93. The van der Waals surface area contributed by atoms with Crippen LogP contribution in [0.2, 0.25) is 0 Å². The lowest BCUT2D eigenvalue weighted by molar-refractivity contribution is 0.0730. The quantitative estimate of drug-likeness (QED) is 0.851. The van der Waals surface area contributed by atoms with Gasteiger partial charge in [-0.2, -0.15) is 0 Å². The number of aromatic amines is 1. The van der Waals surface area contributed by atoms with Gasteiger partial charge in [-0.15, -0.1) is 0 Å². The predicted octanol–water partition coefficient (Wildman–Crippen LogP) is 2.58. The van der Waals surface area contributed by atoms with Crippen LogP contribution in [0.5, 0.6) is 5.75 Å². The Morgan fingerprint density at radius 3 is 2.95 bits per heavy atom. The first-order valence-corrected chi connectivity index (χ1v) is 7.09. The number of para-hydroxylation sites is 1. The van der Waals surface area contributed by atoms with E-state index in [1.165, 1.54) is 7.11 Å². The predicted molar refractivity (Wildman–Crippen MR) is 81.2 cm³/mol. The average Bonchev–Trinajstić information content (AvgIpc) is 3.16. The van der Waals surface area contributed by atoms with E-state index in [-0.39, 0.29) is 11.9 Å². The highest BCUT2D eigenvalue weighted by molar-refractivity contribution is 5.99. The molecule has 110 valence electrons. The van der Waals surface area contributed by atoms with Crippen molar-refractivity contribution in [3.8, 4) is 5.75 Å². The van der Waals surface area contributed by atoms with Crippen molar-refractivity contribution >= 4 is 11.6 Å². The smallest absolute Gasteiger partial charge is 0.258 e. The summed E-state index contributed by atoms with van der Waals surface area (Å²) in [6.07, 6.45) is 3.86. The number of carbonyl (C=O) groups is 1. The van der Waals surface area contributed by atoms with E-state index in [9.17, 15) is 4.79 Å². The third-order valence-corrected chi connectivity index (χ3v) is 3.97. The number of amides is 1. The maximum absolute atomic E-state index is 12.9. The maximum atomic E-state index is 12.9. The van der Waals surface area contributed by atoms with E-state index < -0.39 is 0 Å². The molecule has 1 saturated heterocycles. The van der Waals surface area contributed by atoms with Gasteiger partial charge in [0.2, 0.25) is 0 Å². The number of methoxy groups -OCH3 is 1. The Labute approximate surface area is 123 Å². The topological polar surface area (TPSA) is 71.3 Å². The molecule has 1 atom stereocenters. The summed E-state index contributed by atoms with van der Waals surface area (Å²) >= 11 is 0. The molecule has 3 rings (SSSR count). The van der Waals surface area contributed by atoms with Gasteiger partial charge in [0, 0.05) is 18.4 Å². The van der Waals surface area contributed by atoms with Gasteiger partial charge in [-0.25, -0.2) is 0 Å². The fourth-order valence-corrected chi connectivity index (χ4v) is 2.99. The molecule has 1 aromatic heterocycles. The Morgan fingerprint density at radius 2 is 2.24 bits per heavy atom. The van der Waals surface area contributed by atoms with Gasteiger partial charge in [-0.1, -0.05) is 6.07 Å². The van der Waals surface area contributed by atoms with Gasteiger partial charge in [0.05, 0.1) is 24.4 Å². The molecule has 1 amide bonds. The van der Waals surface area contributed by atoms with Gasteiger partial charge >= 0.3 is 0 Å². The lowest BCUT2D eigenvalue weighted by Crippen LogP contribution is -2.31. The van der Waals surface area contributed by atoms with Crippen LogP contribution in [-0.4, -0.2) is 29.4 Å². The minimum absolute atomic E-state index is 0.0312. The Hall–Kier alpha value is -2.43. The lowest BCUT2D eigenvalue weighted by atomic mass is 10.1. The highest BCUT2D eigenvalue weighted by Gasteiger charge is 2.32. The molecule has 1 aromatic carbocycles. The van der Waals surface area contributed by atoms with E-state index in [1.54, 1.807) is 18.2 Å². The van der Waals surface area contributed by atoms with E-state index in [2.05, 4.69) is 4.98 Å². The number of nitrogens with two attached hydrogens (primary N) is 1. The van der Waals surface area contributed by atoms with Crippen LogP contribution in [0.15, 0.2) is 36.5 Å². The summed E-state index contributed by atoms with van der Waals surface area (Å²) in [5.41, 5.74) is 7.98. The molecule has 1 unspecified atom stereocenters. The molecule has 0 saturated carbocycles. The molecule has 1 aliphatic rings. The number of aromatic nitrogens is 1. The minimum atomic E-state index is -0.0312. The molecule has 0 spiro atoms. The maximum Gasteiger partial charge on any atom is 0.258 e. The van der Waals surface area contributed by atoms with Crippen LogP contribution < -0.4 is 10.5 Å². The molecule has 0 aliphatic carbocycles. The highest BCUT2D eigenvalue weighted by Crippen LogP contribution is 2.35. The Morgan fingerprint density at radius 1 is 1.38 bits per heavy atom. The van der Waals surface area contributed by atoms with Gasteiger partial charge < -0.3 is 20.4 Å². The number of H-pyrrole nitrogens is 1. The molecular weight excluding hydrogens is 266 g/mol. The number of likely N-dealkylation sites (tertiary alicyclic amines) is 1. The van der Waals surface area contributed by atoms with Crippen LogP contribution >= 0.6 is 0 Å². The van der Waals surface area contributed by atoms with Gasteiger partial charge in [0.25, 0.3) is 5.91 Å². The van der Waals surface area contributed by atoms with Crippen molar-refractivity contribution in [2.45, 2.75) is 18.9 Å². The number of nitrogens with one attached hydrogen (secondary N) is 1. The summed E-state index contributed by atoms with van der Waals surface area (Å²) in [7, 11) is 1.54. The number of hydrogen-bond donors (Lipinski definition) is 2. The Kier molecular flexibility index (Phi) is 3.56. The Bertz CT molecular complexity index is 637. The zero-order valence-electron chi connectivity index (χ0n) is 12.0. The number of anilines is 1. The summed E-state index contributed by atoms with van der Waals surface area (Å²) in [5.74, 6) is 0.427. The number of carbonyl (C=O) groups excluding carboxylic acids is 1. The van der Waals surface area contributed by atoms with Crippen LogP contribution in [0.1, 0.15) is 34.9 Å². The van der Waals surface area contributed by atoms with Crippen molar-refractivity contribution in [1.29, 1.82) is 0 Å². The zero-order chi connectivity index (χ0) is 14.8. The van der Waals surface area contributed by atoms with Crippen molar-refractivity contribution in [2.75, 3.05) is 19.4 Å². The number of rotatable bonds is 3. The molecule has 1 fully saturated rings. The first-order valence-electron chi connectivity index (χ1n) is 7.09. The molecule has 0 radical (unpaired) electrons. The van der Waals surface area contributed by atoms with Crippen molar-refractivity contribution in [3.05, 3.63) is 47.8 Å². The first-order chi connectivity index (χ1) is 10.2.